The largest absolute Gasteiger partial charge is 0.435 e. The van der Waals surface area contributed by atoms with E-state index in [1.807, 2.05) is 0 Å². The molecule has 1 aromatic heterocycles. The van der Waals surface area contributed by atoms with E-state index >= 15 is 0 Å². The Balaban J connectivity index is 2.26. The van der Waals surface area contributed by atoms with Crippen LogP contribution in [0.5, 0.6) is 5.75 Å². The number of rotatable bonds is 4. The van der Waals surface area contributed by atoms with Crippen LogP contribution in [0.1, 0.15) is 5.69 Å². The minimum absolute atomic E-state index is 0.0919. The molecule has 17 heavy (non-hydrogen) atoms. The molecule has 0 atom stereocenters. The molecule has 0 N–H and O–H groups in total. The van der Waals surface area contributed by atoms with E-state index < -0.39 is 6.61 Å². The molecular formula is C11H8BrF2NO2. The number of hydrogen-bond donors (Lipinski definition) is 0. The van der Waals surface area contributed by atoms with Gasteiger partial charge in [-0.3, -0.25) is 0 Å². The van der Waals surface area contributed by atoms with Crippen molar-refractivity contribution < 1.29 is 18.0 Å². The standard InChI is InChI=1S/C11H8BrF2NO2/c12-6-8-5-10(17-15-8)7-2-1-3-9(4-7)16-11(13)14/h1-5,11H,6H2. The number of nitrogens with zero attached hydrogens (tertiary/aromatic N) is 1. The van der Waals surface area contributed by atoms with Gasteiger partial charge in [0.05, 0.1) is 5.69 Å². The maximum atomic E-state index is 12.0. The van der Waals surface area contributed by atoms with Gasteiger partial charge in [0.2, 0.25) is 0 Å². The van der Waals surface area contributed by atoms with E-state index in [4.69, 9.17) is 4.52 Å². The highest BCUT2D eigenvalue weighted by Gasteiger charge is 2.09. The lowest BCUT2D eigenvalue weighted by molar-refractivity contribution is -0.0498. The van der Waals surface area contributed by atoms with Crippen LogP contribution in [0, 0.1) is 0 Å². The highest BCUT2D eigenvalue weighted by molar-refractivity contribution is 9.08. The third-order valence-corrected chi connectivity index (χ3v) is 2.61. The van der Waals surface area contributed by atoms with Gasteiger partial charge in [0.1, 0.15) is 5.75 Å². The third-order valence-electron chi connectivity index (χ3n) is 2.04. The van der Waals surface area contributed by atoms with Gasteiger partial charge in [0, 0.05) is 17.0 Å². The Labute approximate surface area is 104 Å². The molecule has 3 nitrogen and oxygen atoms in total. The van der Waals surface area contributed by atoms with E-state index in [9.17, 15) is 8.78 Å². The summed E-state index contributed by atoms with van der Waals surface area (Å²) in [4.78, 5) is 0. The minimum atomic E-state index is -2.84. The Morgan fingerprint density at radius 1 is 1.35 bits per heavy atom. The Morgan fingerprint density at radius 2 is 2.18 bits per heavy atom. The first-order valence-electron chi connectivity index (χ1n) is 4.76. The summed E-state index contributed by atoms with van der Waals surface area (Å²) in [7, 11) is 0. The Hall–Kier alpha value is -1.43. The Morgan fingerprint density at radius 3 is 2.82 bits per heavy atom. The molecule has 2 rings (SSSR count). The summed E-state index contributed by atoms with van der Waals surface area (Å²) in [5.74, 6) is 0.605. The molecule has 90 valence electrons. The van der Waals surface area contributed by atoms with Gasteiger partial charge in [-0.2, -0.15) is 8.78 Å². The average molecular weight is 304 g/mol. The molecule has 0 unspecified atom stereocenters. The molecule has 0 saturated heterocycles. The quantitative estimate of drug-likeness (QED) is 0.805. The molecule has 1 aromatic carbocycles. The molecule has 0 aliphatic heterocycles. The molecular weight excluding hydrogens is 296 g/mol. The van der Waals surface area contributed by atoms with Crippen molar-refractivity contribution in [1.82, 2.24) is 5.16 Å². The fraction of sp³-hybridized carbons (Fsp3) is 0.182. The van der Waals surface area contributed by atoms with Crippen LogP contribution in [-0.2, 0) is 5.33 Å². The molecule has 0 aliphatic rings. The summed E-state index contributed by atoms with van der Waals surface area (Å²) in [6, 6.07) is 8.01. The van der Waals surface area contributed by atoms with Gasteiger partial charge < -0.3 is 9.26 Å². The van der Waals surface area contributed by atoms with Crippen molar-refractivity contribution in [2.24, 2.45) is 0 Å². The monoisotopic (exact) mass is 303 g/mol. The molecule has 0 bridgehead atoms. The second-order valence-corrected chi connectivity index (χ2v) is 3.78. The highest BCUT2D eigenvalue weighted by Crippen LogP contribution is 2.25. The zero-order valence-electron chi connectivity index (χ0n) is 8.57. The van der Waals surface area contributed by atoms with Gasteiger partial charge in [0.25, 0.3) is 0 Å². The van der Waals surface area contributed by atoms with Crippen LogP contribution in [-0.4, -0.2) is 11.8 Å². The van der Waals surface area contributed by atoms with Gasteiger partial charge in [-0.25, -0.2) is 0 Å². The summed E-state index contributed by atoms with van der Waals surface area (Å²) in [5, 5.41) is 4.36. The first-order chi connectivity index (χ1) is 8.19. The van der Waals surface area contributed by atoms with E-state index in [1.54, 1.807) is 18.2 Å². The van der Waals surface area contributed by atoms with Crippen molar-refractivity contribution in [2.75, 3.05) is 0 Å². The lowest BCUT2D eigenvalue weighted by Gasteiger charge is -2.04. The van der Waals surface area contributed by atoms with Crippen LogP contribution < -0.4 is 4.74 Å². The zero-order chi connectivity index (χ0) is 12.3. The number of halogens is 3. The van der Waals surface area contributed by atoms with Gasteiger partial charge in [0.15, 0.2) is 5.76 Å². The number of aromatic nitrogens is 1. The predicted molar refractivity (Wildman–Crippen MR) is 61.2 cm³/mol. The maximum Gasteiger partial charge on any atom is 0.387 e. The second-order valence-electron chi connectivity index (χ2n) is 3.22. The van der Waals surface area contributed by atoms with Crippen molar-refractivity contribution in [1.29, 1.82) is 0 Å². The lowest BCUT2D eigenvalue weighted by atomic mass is 10.1. The normalized spacial score (nSPS) is 10.8. The average Bonchev–Trinajstić information content (AvgIpc) is 2.77. The summed E-state index contributed by atoms with van der Waals surface area (Å²) >= 11 is 3.24. The summed E-state index contributed by atoms with van der Waals surface area (Å²) in [6.45, 7) is -2.84. The van der Waals surface area contributed by atoms with Crippen molar-refractivity contribution in [3.8, 4) is 17.1 Å². The first-order valence-corrected chi connectivity index (χ1v) is 5.88. The van der Waals surface area contributed by atoms with Gasteiger partial charge >= 0.3 is 6.61 Å². The molecule has 0 fully saturated rings. The molecule has 0 saturated carbocycles. The van der Waals surface area contributed by atoms with Crippen molar-refractivity contribution in [3.05, 3.63) is 36.0 Å². The molecule has 0 spiro atoms. The fourth-order valence-electron chi connectivity index (χ4n) is 1.34. The van der Waals surface area contributed by atoms with E-state index in [1.165, 1.54) is 12.1 Å². The van der Waals surface area contributed by atoms with Gasteiger partial charge in [-0.1, -0.05) is 33.2 Å². The van der Waals surface area contributed by atoms with Crippen molar-refractivity contribution >= 4 is 15.9 Å². The molecule has 0 radical (unpaired) electrons. The topological polar surface area (TPSA) is 35.3 Å². The van der Waals surface area contributed by atoms with Crippen LogP contribution in [0.25, 0.3) is 11.3 Å². The van der Waals surface area contributed by atoms with Crippen molar-refractivity contribution in [3.63, 3.8) is 0 Å². The summed E-state index contributed by atoms with van der Waals surface area (Å²) < 4.78 is 33.5. The SMILES string of the molecule is FC(F)Oc1cccc(-c2cc(CBr)no2)c1. The zero-order valence-corrected chi connectivity index (χ0v) is 10.2. The van der Waals surface area contributed by atoms with E-state index in [2.05, 4.69) is 25.8 Å². The predicted octanol–water partition coefficient (Wildman–Crippen LogP) is 3.84. The van der Waals surface area contributed by atoms with E-state index in [0.717, 1.165) is 5.69 Å². The maximum absolute atomic E-state index is 12.0. The molecule has 6 heteroatoms. The van der Waals surface area contributed by atoms with Crippen LogP contribution in [0.4, 0.5) is 8.78 Å². The van der Waals surface area contributed by atoms with Crippen LogP contribution in [0.3, 0.4) is 0 Å². The molecule has 1 heterocycles. The van der Waals surface area contributed by atoms with Crippen LogP contribution >= 0.6 is 15.9 Å². The van der Waals surface area contributed by atoms with Gasteiger partial charge in [-0.15, -0.1) is 0 Å². The molecule has 2 aromatic rings. The highest BCUT2D eigenvalue weighted by atomic mass is 79.9. The summed E-state index contributed by atoms with van der Waals surface area (Å²) in [5.41, 5.74) is 1.38. The Kier molecular flexibility index (Phi) is 3.73. The fourth-order valence-corrected chi connectivity index (χ4v) is 1.60. The molecule has 0 amide bonds. The lowest BCUT2D eigenvalue weighted by Crippen LogP contribution is -2.01. The van der Waals surface area contributed by atoms with Crippen LogP contribution in [0.15, 0.2) is 34.9 Å². The summed E-state index contributed by atoms with van der Waals surface area (Å²) in [6.07, 6.45) is 0. The third kappa shape index (κ3) is 3.03. The van der Waals surface area contributed by atoms with Gasteiger partial charge in [-0.05, 0) is 12.1 Å². The second kappa shape index (κ2) is 5.27. The van der Waals surface area contributed by atoms with E-state index in [-0.39, 0.29) is 5.75 Å². The Bertz CT molecular complexity index is 502. The number of alkyl halides is 3. The first kappa shape index (κ1) is 12.0. The van der Waals surface area contributed by atoms with E-state index in [0.29, 0.717) is 16.7 Å². The number of benzene rings is 1. The van der Waals surface area contributed by atoms with Crippen LogP contribution in [0.2, 0.25) is 0 Å². The van der Waals surface area contributed by atoms with Crippen molar-refractivity contribution in [2.45, 2.75) is 11.9 Å². The smallest absolute Gasteiger partial charge is 0.387 e. The molecule has 0 aliphatic carbocycles. The minimum Gasteiger partial charge on any atom is -0.435 e. The number of hydrogen-bond acceptors (Lipinski definition) is 3. The number of ether oxygens (including phenoxy) is 1.